The highest BCUT2D eigenvalue weighted by molar-refractivity contribution is 8.15. The Morgan fingerprint density at radius 3 is 2.42 bits per heavy atom. The predicted molar refractivity (Wildman–Crippen MR) is 132 cm³/mol. The Balaban J connectivity index is 1.48. The number of piperidine rings is 1. The Bertz CT molecular complexity index is 1090. The minimum Gasteiger partial charge on any atom is -0.324 e. The molecule has 1 N–H and O–H groups in total. The number of halogens is 1. The highest BCUT2D eigenvalue weighted by atomic mass is 35.5. The number of aryl methyl sites for hydroxylation is 3. The van der Waals surface area contributed by atoms with Gasteiger partial charge in [0.25, 0.3) is 0 Å². The van der Waals surface area contributed by atoms with Gasteiger partial charge in [-0.1, -0.05) is 29.8 Å². The highest BCUT2D eigenvalue weighted by Gasteiger charge is 2.40. The molecule has 2 aromatic rings. The summed E-state index contributed by atoms with van der Waals surface area (Å²) in [6, 6.07) is 11.9. The standard InChI is InChI=1S/C24H27ClN4OS/c1-15-5-7-18(13-17(15)3)21-22(31-4)28-24(27-21)9-11-29(12-10-24)23(30)26-20-14-19(25)8-6-16(20)2/h5-8,13-14H,9-12H2,1-4H3,(H,26,30). The lowest BCUT2D eigenvalue weighted by atomic mass is 9.98. The molecule has 2 aromatic carbocycles. The minimum atomic E-state index is -0.463. The lowest BCUT2D eigenvalue weighted by molar-refractivity contribution is 0.175. The molecule has 0 unspecified atom stereocenters. The van der Waals surface area contributed by atoms with E-state index in [9.17, 15) is 4.79 Å². The number of nitrogens with zero attached hydrogens (tertiary/aromatic N) is 3. The van der Waals surface area contributed by atoms with E-state index in [0.29, 0.717) is 31.0 Å². The number of benzene rings is 2. The molecular weight excluding hydrogens is 428 g/mol. The van der Waals surface area contributed by atoms with Gasteiger partial charge in [0.05, 0.1) is 5.71 Å². The van der Waals surface area contributed by atoms with Crippen LogP contribution < -0.4 is 5.32 Å². The SMILES string of the molecule is CSC1=NC2(CCN(C(=O)Nc3cc(Cl)ccc3C)CC2)N=C1c1ccc(C)c(C)c1. The summed E-state index contributed by atoms with van der Waals surface area (Å²) in [6.07, 6.45) is 3.48. The van der Waals surface area contributed by atoms with Crippen molar-refractivity contribution in [2.24, 2.45) is 9.98 Å². The Labute approximate surface area is 193 Å². The van der Waals surface area contributed by atoms with Crippen molar-refractivity contribution in [3.05, 3.63) is 63.7 Å². The summed E-state index contributed by atoms with van der Waals surface area (Å²) in [6.45, 7) is 7.42. The second-order valence-electron chi connectivity index (χ2n) is 8.24. The quantitative estimate of drug-likeness (QED) is 0.618. The van der Waals surface area contributed by atoms with E-state index in [-0.39, 0.29) is 6.03 Å². The van der Waals surface area contributed by atoms with Gasteiger partial charge in [0.2, 0.25) is 0 Å². The van der Waals surface area contributed by atoms with Crippen LogP contribution in [0.3, 0.4) is 0 Å². The Kier molecular flexibility index (Phi) is 6.13. The van der Waals surface area contributed by atoms with Crippen LogP contribution >= 0.6 is 23.4 Å². The third kappa shape index (κ3) is 4.51. The number of aliphatic imine (C=N–C) groups is 2. The number of hydrogen-bond donors (Lipinski definition) is 1. The van der Waals surface area contributed by atoms with Gasteiger partial charge < -0.3 is 10.2 Å². The number of anilines is 1. The van der Waals surface area contributed by atoms with Gasteiger partial charge in [-0.05, 0) is 61.9 Å². The molecule has 0 radical (unpaired) electrons. The van der Waals surface area contributed by atoms with Crippen molar-refractivity contribution >= 4 is 45.8 Å². The number of carbonyl (C=O) groups excluding carboxylic acids is 1. The summed E-state index contributed by atoms with van der Waals surface area (Å²) in [4.78, 5) is 24.7. The zero-order valence-electron chi connectivity index (χ0n) is 18.3. The Morgan fingerprint density at radius 1 is 1.03 bits per heavy atom. The molecule has 1 fully saturated rings. The third-order valence-electron chi connectivity index (χ3n) is 6.10. The average molecular weight is 455 g/mol. The fourth-order valence-electron chi connectivity index (χ4n) is 3.96. The molecule has 0 aliphatic carbocycles. The summed E-state index contributed by atoms with van der Waals surface area (Å²) in [5.41, 5.74) is 5.89. The van der Waals surface area contributed by atoms with Crippen LogP contribution in [-0.2, 0) is 0 Å². The summed E-state index contributed by atoms with van der Waals surface area (Å²) >= 11 is 7.72. The van der Waals surface area contributed by atoms with Gasteiger partial charge in [0.1, 0.15) is 5.04 Å². The smallest absolute Gasteiger partial charge is 0.321 e. The zero-order valence-corrected chi connectivity index (χ0v) is 19.9. The second-order valence-corrected chi connectivity index (χ2v) is 9.47. The van der Waals surface area contributed by atoms with Crippen LogP contribution in [0, 0.1) is 20.8 Å². The normalized spacial score (nSPS) is 17.5. The van der Waals surface area contributed by atoms with Crippen molar-refractivity contribution in [3.63, 3.8) is 0 Å². The van der Waals surface area contributed by atoms with Crippen LogP contribution in [0.4, 0.5) is 10.5 Å². The molecule has 0 atom stereocenters. The van der Waals surface area contributed by atoms with Crippen LogP contribution in [0.1, 0.15) is 35.1 Å². The topological polar surface area (TPSA) is 57.1 Å². The third-order valence-corrected chi connectivity index (χ3v) is 7.00. The predicted octanol–water partition coefficient (Wildman–Crippen LogP) is 5.85. The van der Waals surface area contributed by atoms with Gasteiger partial charge >= 0.3 is 6.03 Å². The number of amides is 2. The first-order valence-electron chi connectivity index (χ1n) is 10.4. The molecule has 1 saturated heterocycles. The van der Waals surface area contributed by atoms with Gasteiger partial charge in [-0.3, -0.25) is 4.99 Å². The van der Waals surface area contributed by atoms with Crippen molar-refractivity contribution in [2.75, 3.05) is 24.7 Å². The molecule has 0 aromatic heterocycles. The zero-order chi connectivity index (χ0) is 22.2. The first kappa shape index (κ1) is 21.9. The van der Waals surface area contributed by atoms with Gasteiger partial charge in [0.15, 0.2) is 5.66 Å². The number of hydrogen-bond acceptors (Lipinski definition) is 4. The Morgan fingerprint density at radius 2 is 1.74 bits per heavy atom. The molecular formula is C24H27ClN4OS. The van der Waals surface area contributed by atoms with Crippen LogP contribution in [0.25, 0.3) is 0 Å². The van der Waals surface area contributed by atoms with E-state index in [4.69, 9.17) is 21.6 Å². The first-order chi connectivity index (χ1) is 14.8. The molecule has 162 valence electrons. The lowest BCUT2D eigenvalue weighted by Gasteiger charge is -2.35. The van der Waals surface area contributed by atoms with E-state index >= 15 is 0 Å². The molecule has 5 nitrogen and oxygen atoms in total. The molecule has 7 heteroatoms. The maximum Gasteiger partial charge on any atom is 0.321 e. The van der Waals surface area contributed by atoms with E-state index in [1.807, 2.05) is 30.2 Å². The summed E-state index contributed by atoms with van der Waals surface area (Å²) in [5, 5.41) is 4.58. The minimum absolute atomic E-state index is 0.106. The van der Waals surface area contributed by atoms with Crippen LogP contribution in [0.15, 0.2) is 46.4 Å². The van der Waals surface area contributed by atoms with Crippen LogP contribution in [0.5, 0.6) is 0 Å². The molecule has 1 spiro atoms. The number of nitrogens with one attached hydrogen (secondary N) is 1. The fraction of sp³-hybridized carbons (Fsp3) is 0.375. The van der Waals surface area contributed by atoms with Crippen molar-refractivity contribution in [2.45, 2.75) is 39.3 Å². The summed E-state index contributed by atoms with van der Waals surface area (Å²) in [7, 11) is 0. The van der Waals surface area contributed by atoms with Crippen molar-refractivity contribution in [1.29, 1.82) is 0 Å². The molecule has 0 bridgehead atoms. The summed E-state index contributed by atoms with van der Waals surface area (Å²) in [5.74, 6) is 0. The number of urea groups is 1. The van der Waals surface area contributed by atoms with Gasteiger partial charge in [-0.15, -0.1) is 11.8 Å². The average Bonchev–Trinajstić information content (AvgIpc) is 3.11. The van der Waals surface area contributed by atoms with E-state index in [2.05, 4.69) is 37.4 Å². The fourth-order valence-corrected chi connectivity index (χ4v) is 4.75. The van der Waals surface area contributed by atoms with E-state index < -0.39 is 5.66 Å². The summed E-state index contributed by atoms with van der Waals surface area (Å²) < 4.78 is 0. The number of likely N-dealkylation sites (tertiary alicyclic amines) is 1. The van der Waals surface area contributed by atoms with Gasteiger partial charge in [-0.2, -0.15) is 0 Å². The number of thioether (sulfide) groups is 1. The van der Waals surface area contributed by atoms with E-state index in [1.165, 1.54) is 11.1 Å². The monoisotopic (exact) mass is 454 g/mol. The molecule has 2 amide bonds. The molecule has 2 heterocycles. The van der Waals surface area contributed by atoms with Crippen molar-refractivity contribution < 1.29 is 4.79 Å². The molecule has 2 aliphatic heterocycles. The molecule has 0 saturated carbocycles. The molecule has 2 aliphatic rings. The van der Waals surface area contributed by atoms with E-state index in [0.717, 1.165) is 27.6 Å². The highest BCUT2D eigenvalue weighted by Crippen LogP contribution is 2.35. The number of rotatable bonds is 2. The first-order valence-corrected chi connectivity index (χ1v) is 12.0. The Hall–Kier alpha value is -2.31. The number of carbonyl (C=O) groups is 1. The van der Waals surface area contributed by atoms with E-state index in [1.54, 1.807) is 17.8 Å². The molecule has 4 rings (SSSR count). The van der Waals surface area contributed by atoms with Crippen molar-refractivity contribution in [3.8, 4) is 0 Å². The van der Waals surface area contributed by atoms with Gasteiger partial charge in [-0.25, -0.2) is 9.79 Å². The van der Waals surface area contributed by atoms with Crippen molar-refractivity contribution in [1.82, 2.24) is 4.90 Å². The van der Waals surface area contributed by atoms with Crippen LogP contribution in [0.2, 0.25) is 5.02 Å². The maximum absolute atomic E-state index is 12.8. The lowest BCUT2D eigenvalue weighted by Crippen LogP contribution is -2.46. The maximum atomic E-state index is 12.8. The van der Waals surface area contributed by atoms with Crippen LogP contribution in [-0.4, -0.2) is 46.7 Å². The second kappa shape index (κ2) is 8.67. The molecule has 31 heavy (non-hydrogen) atoms. The largest absolute Gasteiger partial charge is 0.324 e. The van der Waals surface area contributed by atoms with Gasteiger partial charge in [0, 0.05) is 42.2 Å².